The first kappa shape index (κ1) is 21.6. The van der Waals surface area contributed by atoms with Gasteiger partial charge in [0.25, 0.3) is 0 Å². The van der Waals surface area contributed by atoms with E-state index in [-0.39, 0.29) is 34.1 Å². The predicted molar refractivity (Wildman–Crippen MR) is 132 cm³/mol. The number of nitrogens with one attached hydrogen (secondary N) is 1. The minimum Gasteiger partial charge on any atom is -0.507 e. The van der Waals surface area contributed by atoms with Crippen LogP contribution in [0.3, 0.4) is 0 Å². The summed E-state index contributed by atoms with van der Waals surface area (Å²) in [5.41, 5.74) is 2.60. The molecule has 3 aromatic carbocycles. The summed E-state index contributed by atoms with van der Waals surface area (Å²) in [7, 11) is -3.73. The van der Waals surface area contributed by atoms with Gasteiger partial charge in [-0.1, -0.05) is 48.5 Å². The minimum absolute atomic E-state index is 0.0735. The number of aromatic nitrogens is 2. The van der Waals surface area contributed by atoms with Gasteiger partial charge in [0.05, 0.1) is 27.7 Å². The molecule has 1 aliphatic rings. The van der Waals surface area contributed by atoms with E-state index in [4.69, 9.17) is 4.42 Å². The number of para-hydroxylation sites is 3. The first-order chi connectivity index (χ1) is 16.9. The Bertz CT molecular complexity index is 1720. The molecule has 2 heterocycles. The van der Waals surface area contributed by atoms with Gasteiger partial charge in [0, 0.05) is 5.92 Å². The van der Waals surface area contributed by atoms with Crippen LogP contribution in [0, 0.1) is 5.92 Å². The fourth-order valence-electron chi connectivity index (χ4n) is 4.77. The van der Waals surface area contributed by atoms with Gasteiger partial charge >= 0.3 is 5.63 Å². The Morgan fingerprint density at radius 1 is 1.03 bits per heavy atom. The molecular weight excluding hydrogens is 464 g/mol. The molecule has 1 unspecified atom stereocenters. The number of hydrogen-bond acceptors (Lipinski definition) is 6. The molecule has 176 valence electrons. The molecule has 5 aromatic rings. The first-order valence-electron chi connectivity index (χ1n) is 11.4. The maximum absolute atomic E-state index is 13.1. The van der Waals surface area contributed by atoms with Gasteiger partial charge in [0.15, 0.2) is 0 Å². The Kier molecular flexibility index (Phi) is 5.00. The molecule has 8 heteroatoms. The van der Waals surface area contributed by atoms with Crippen LogP contribution in [0.2, 0.25) is 0 Å². The van der Waals surface area contributed by atoms with Gasteiger partial charge in [-0.2, -0.15) is 0 Å². The van der Waals surface area contributed by atoms with E-state index in [1.54, 1.807) is 60.7 Å². The van der Waals surface area contributed by atoms with Crippen molar-refractivity contribution in [2.45, 2.75) is 29.7 Å². The molecule has 0 bridgehead atoms. The summed E-state index contributed by atoms with van der Waals surface area (Å²) in [6, 6.07) is 21.3. The van der Waals surface area contributed by atoms with Crippen LogP contribution in [0.15, 0.2) is 87.2 Å². The van der Waals surface area contributed by atoms with Crippen molar-refractivity contribution < 1.29 is 17.9 Å². The Balaban J connectivity index is 1.39. The normalized spacial score (nSPS) is 15.0. The molecule has 0 radical (unpaired) electrons. The van der Waals surface area contributed by atoms with Crippen molar-refractivity contribution >= 4 is 31.8 Å². The monoisotopic (exact) mass is 486 g/mol. The highest BCUT2D eigenvalue weighted by molar-refractivity contribution is 7.90. The molecule has 1 aliphatic carbocycles. The highest BCUT2D eigenvalue weighted by Gasteiger charge is 2.38. The molecule has 2 N–H and O–H groups in total. The number of imidazole rings is 1. The lowest BCUT2D eigenvalue weighted by Crippen LogP contribution is -2.16. The number of nitrogens with zero attached hydrogens (tertiary/aromatic N) is 1. The van der Waals surface area contributed by atoms with Crippen LogP contribution >= 0.6 is 0 Å². The van der Waals surface area contributed by atoms with Crippen molar-refractivity contribution in [3.05, 3.63) is 99.9 Å². The van der Waals surface area contributed by atoms with Crippen LogP contribution in [-0.2, 0) is 15.6 Å². The molecule has 35 heavy (non-hydrogen) atoms. The fraction of sp³-hybridized carbons (Fsp3) is 0.185. The highest BCUT2D eigenvalue weighted by atomic mass is 32.2. The predicted octanol–water partition coefficient (Wildman–Crippen LogP) is 4.89. The van der Waals surface area contributed by atoms with E-state index in [2.05, 4.69) is 9.97 Å². The molecule has 2 aromatic heterocycles. The lowest BCUT2D eigenvalue weighted by Gasteiger charge is -2.19. The number of aromatic amines is 1. The minimum atomic E-state index is -3.73. The molecule has 1 fully saturated rings. The highest BCUT2D eigenvalue weighted by Crippen LogP contribution is 2.48. The average molecular weight is 487 g/mol. The van der Waals surface area contributed by atoms with Gasteiger partial charge in [0.2, 0.25) is 15.0 Å². The van der Waals surface area contributed by atoms with Gasteiger partial charge in [-0.25, -0.2) is 18.2 Å². The molecular formula is C27H22N2O5S. The third-order valence-electron chi connectivity index (χ3n) is 6.55. The van der Waals surface area contributed by atoms with E-state index in [0.29, 0.717) is 27.6 Å². The number of hydrogen-bond donors (Lipinski definition) is 2. The van der Waals surface area contributed by atoms with Crippen LogP contribution in [0.4, 0.5) is 0 Å². The zero-order chi connectivity index (χ0) is 24.2. The van der Waals surface area contributed by atoms with Crippen molar-refractivity contribution in [1.82, 2.24) is 9.97 Å². The SMILES string of the molecule is O=c1oc2ccccc2c(O)c1C(c1cccc(CS(=O)(=O)c2nc3ccccc3[nH]2)c1)C1CC1. The first-order valence-corrected chi connectivity index (χ1v) is 13.1. The molecule has 0 spiro atoms. The Morgan fingerprint density at radius 2 is 1.80 bits per heavy atom. The van der Waals surface area contributed by atoms with Crippen molar-refractivity contribution in [3.8, 4) is 5.75 Å². The van der Waals surface area contributed by atoms with E-state index >= 15 is 0 Å². The second kappa shape index (κ2) is 8.09. The molecule has 6 rings (SSSR count). The van der Waals surface area contributed by atoms with Gasteiger partial charge < -0.3 is 14.5 Å². The van der Waals surface area contributed by atoms with Gasteiger partial charge in [0.1, 0.15) is 11.3 Å². The number of aromatic hydroxyl groups is 1. The number of rotatable bonds is 6. The van der Waals surface area contributed by atoms with Crippen LogP contribution in [0.1, 0.15) is 35.4 Å². The fourth-order valence-corrected chi connectivity index (χ4v) is 6.03. The molecule has 0 aliphatic heterocycles. The third-order valence-corrected chi connectivity index (χ3v) is 8.05. The molecule has 0 amide bonds. The largest absolute Gasteiger partial charge is 0.507 e. The zero-order valence-electron chi connectivity index (χ0n) is 18.6. The quantitative estimate of drug-likeness (QED) is 0.330. The zero-order valence-corrected chi connectivity index (χ0v) is 19.5. The summed E-state index contributed by atoms with van der Waals surface area (Å²) in [5.74, 6) is -0.526. The Hall–Kier alpha value is -3.91. The maximum Gasteiger partial charge on any atom is 0.343 e. The van der Waals surface area contributed by atoms with E-state index in [1.165, 1.54) is 0 Å². The van der Waals surface area contributed by atoms with Gasteiger partial charge in [-0.15, -0.1) is 0 Å². The molecule has 1 atom stereocenters. The standard InChI is InChI=1S/C27H22N2O5S/c30-25-19-8-1-4-11-22(19)34-26(31)24(25)23(17-12-13-17)18-7-5-6-16(14-18)15-35(32,33)27-28-20-9-2-3-10-21(20)29-27/h1-11,14,17,23,30H,12-13,15H2,(H,28,29). The molecule has 7 nitrogen and oxygen atoms in total. The molecule has 1 saturated carbocycles. The smallest absolute Gasteiger partial charge is 0.343 e. The Morgan fingerprint density at radius 3 is 2.60 bits per heavy atom. The summed E-state index contributed by atoms with van der Waals surface area (Å²) in [6.07, 6.45) is 1.83. The second-order valence-electron chi connectivity index (χ2n) is 9.03. The lowest BCUT2D eigenvalue weighted by atomic mass is 9.86. The van der Waals surface area contributed by atoms with Crippen molar-refractivity contribution in [1.29, 1.82) is 0 Å². The number of H-pyrrole nitrogens is 1. The summed E-state index contributed by atoms with van der Waals surface area (Å²) in [6.45, 7) is 0. The topological polar surface area (TPSA) is 113 Å². The van der Waals surface area contributed by atoms with Crippen molar-refractivity contribution in [3.63, 3.8) is 0 Å². The van der Waals surface area contributed by atoms with Crippen molar-refractivity contribution in [2.24, 2.45) is 5.92 Å². The summed E-state index contributed by atoms with van der Waals surface area (Å²) < 4.78 is 31.8. The average Bonchev–Trinajstić information content (AvgIpc) is 3.57. The van der Waals surface area contributed by atoms with Crippen LogP contribution in [-0.4, -0.2) is 23.5 Å². The lowest BCUT2D eigenvalue weighted by molar-refractivity contribution is 0.446. The van der Waals surface area contributed by atoms with Crippen LogP contribution in [0.25, 0.3) is 22.0 Å². The number of fused-ring (bicyclic) bond motifs is 2. The van der Waals surface area contributed by atoms with E-state index in [9.17, 15) is 18.3 Å². The number of sulfone groups is 1. The summed E-state index contributed by atoms with van der Waals surface area (Å²) in [5, 5.41) is 11.5. The Labute approximate surface area is 201 Å². The third kappa shape index (κ3) is 3.89. The second-order valence-corrected chi connectivity index (χ2v) is 10.9. The summed E-state index contributed by atoms with van der Waals surface area (Å²) >= 11 is 0. The maximum atomic E-state index is 13.1. The number of benzene rings is 3. The molecule has 0 saturated heterocycles. The van der Waals surface area contributed by atoms with E-state index in [1.807, 2.05) is 12.1 Å². The van der Waals surface area contributed by atoms with Crippen LogP contribution < -0.4 is 5.63 Å². The van der Waals surface area contributed by atoms with E-state index < -0.39 is 15.5 Å². The summed E-state index contributed by atoms with van der Waals surface area (Å²) in [4.78, 5) is 20.1. The van der Waals surface area contributed by atoms with Gasteiger partial charge in [-0.3, -0.25) is 0 Å². The van der Waals surface area contributed by atoms with Crippen molar-refractivity contribution in [2.75, 3.05) is 0 Å². The van der Waals surface area contributed by atoms with E-state index in [0.717, 1.165) is 18.4 Å². The van der Waals surface area contributed by atoms with Gasteiger partial charge in [-0.05, 0) is 54.2 Å². The van der Waals surface area contributed by atoms with Crippen LogP contribution in [0.5, 0.6) is 5.75 Å².